The maximum Gasteiger partial charge on any atom is 0.161 e. The number of methoxy groups -OCH3 is 2. The fraction of sp³-hybridized carbons (Fsp3) is 0.387. The van der Waals surface area contributed by atoms with Crippen molar-refractivity contribution in [2.24, 2.45) is 0 Å². The lowest BCUT2D eigenvalue weighted by atomic mass is 9.81. The van der Waals surface area contributed by atoms with E-state index in [1.54, 1.807) is 14.2 Å². The number of carbonyl (C=O) groups is 1. The maximum atomic E-state index is 13.2. The van der Waals surface area contributed by atoms with E-state index in [0.717, 1.165) is 38.0 Å². The second-order valence-electron chi connectivity index (χ2n) is 9.97. The van der Waals surface area contributed by atoms with E-state index < -0.39 is 0 Å². The second kappa shape index (κ2) is 11.3. The summed E-state index contributed by atoms with van der Waals surface area (Å²) in [5, 5.41) is 0. The quantitative estimate of drug-likeness (QED) is 0.414. The lowest BCUT2D eigenvalue weighted by molar-refractivity contribution is -0.129. The Hall–Kier alpha value is -3.15. The first-order chi connectivity index (χ1) is 17.7. The molecule has 0 saturated carbocycles. The van der Waals surface area contributed by atoms with E-state index in [4.69, 9.17) is 9.47 Å². The van der Waals surface area contributed by atoms with Crippen LogP contribution in [0.1, 0.15) is 48.4 Å². The minimum atomic E-state index is 0.0640. The van der Waals surface area contributed by atoms with E-state index in [0.29, 0.717) is 36.2 Å². The number of carbonyl (C=O) groups excluding carboxylic acids is 1. The Morgan fingerprint density at radius 2 is 1.47 bits per heavy atom. The summed E-state index contributed by atoms with van der Waals surface area (Å²) in [5.74, 6) is 1.78. The number of rotatable bonds is 8. The van der Waals surface area contributed by atoms with Gasteiger partial charge in [0, 0.05) is 44.1 Å². The lowest BCUT2D eigenvalue weighted by Crippen LogP contribution is -2.58. The van der Waals surface area contributed by atoms with Crippen molar-refractivity contribution in [2.75, 3.05) is 20.8 Å². The minimum Gasteiger partial charge on any atom is -0.493 e. The first kappa shape index (κ1) is 24.5. The van der Waals surface area contributed by atoms with Gasteiger partial charge in [0.15, 0.2) is 11.5 Å². The molecule has 188 valence electrons. The van der Waals surface area contributed by atoms with Gasteiger partial charge in [-0.2, -0.15) is 0 Å². The first-order valence-corrected chi connectivity index (χ1v) is 13.0. The van der Waals surface area contributed by atoms with Gasteiger partial charge in [0.1, 0.15) is 5.78 Å². The Morgan fingerprint density at radius 1 is 0.833 bits per heavy atom. The smallest absolute Gasteiger partial charge is 0.161 e. The molecule has 5 rings (SSSR count). The SMILES string of the molecule is COc1ccc([C@H]2CC(=O)C[C@@H]3[C@@H](N(Cc4ccccc4)Cc4ccccc4)CCCN23)cc1OC. The number of piperidine rings is 2. The molecule has 2 aliphatic heterocycles. The Kier molecular flexibility index (Phi) is 7.69. The van der Waals surface area contributed by atoms with E-state index in [-0.39, 0.29) is 12.1 Å². The number of ketones is 1. The van der Waals surface area contributed by atoms with Crippen molar-refractivity contribution in [2.45, 2.75) is 56.9 Å². The van der Waals surface area contributed by atoms with Crippen molar-refractivity contribution in [3.05, 3.63) is 95.6 Å². The van der Waals surface area contributed by atoms with Crippen LogP contribution in [0.4, 0.5) is 0 Å². The van der Waals surface area contributed by atoms with Crippen molar-refractivity contribution in [3.63, 3.8) is 0 Å². The Bertz CT molecular complexity index is 1110. The number of ether oxygens (including phenoxy) is 2. The van der Waals surface area contributed by atoms with Gasteiger partial charge in [-0.3, -0.25) is 14.6 Å². The van der Waals surface area contributed by atoms with Gasteiger partial charge in [0.05, 0.1) is 14.2 Å². The summed E-state index contributed by atoms with van der Waals surface area (Å²) < 4.78 is 11.0. The van der Waals surface area contributed by atoms with E-state index in [1.165, 1.54) is 11.1 Å². The summed E-state index contributed by atoms with van der Waals surface area (Å²) in [6, 6.07) is 28.1. The van der Waals surface area contributed by atoms with Crippen molar-refractivity contribution in [3.8, 4) is 11.5 Å². The maximum absolute atomic E-state index is 13.2. The average molecular weight is 485 g/mol. The number of Topliss-reactive ketones (excluding diaryl/α,β-unsaturated/α-hetero) is 1. The summed E-state index contributed by atoms with van der Waals surface area (Å²) in [6.45, 7) is 2.76. The van der Waals surface area contributed by atoms with Gasteiger partial charge in [0.25, 0.3) is 0 Å². The molecule has 2 aliphatic rings. The standard InChI is InChI=1S/C31H36N2O3/c1-35-30-16-15-25(18-31(30)36-2)28-19-26(34)20-29-27(14-9-17-33(28)29)32(21-23-10-5-3-6-11-23)22-24-12-7-4-8-13-24/h3-8,10-13,15-16,18,27-29H,9,14,17,19-22H2,1-2H3/t27-,28+,29+/m0/s1. The van der Waals surface area contributed by atoms with Crippen LogP contribution in [-0.4, -0.2) is 48.4 Å². The lowest BCUT2D eigenvalue weighted by Gasteiger charge is -2.51. The predicted octanol–water partition coefficient (Wildman–Crippen LogP) is 5.64. The molecule has 2 saturated heterocycles. The van der Waals surface area contributed by atoms with Gasteiger partial charge in [-0.05, 0) is 48.2 Å². The van der Waals surface area contributed by atoms with Crippen LogP contribution in [0.15, 0.2) is 78.9 Å². The van der Waals surface area contributed by atoms with Crippen LogP contribution in [0.3, 0.4) is 0 Å². The molecule has 2 fully saturated rings. The molecule has 3 atom stereocenters. The highest BCUT2D eigenvalue weighted by atomic mass is 16.5. The highest BCUT2D eigenvalue weighted by molar-refractivity contribution is 5.81. The molecule has 36 heavy (non-hydrogen) atoms. The molecule has 0 unspecified atom stereocenters. The summed E-state index contributed by atoms with van der Waals surface area (Å²) in [6.07, 6.45) is 3.40. The highest BCUT2D eigenvalue weighted by Gasteiger charge is 2.43. The van der Waals surface area contributed by atoms with Crippen LogP contribution in [0.5, 0.6) is 11.5 Å². The molecule has 0 amide bonds. The zero-order chi connectivity index (χ0) is 24.9. The van der Waals surface area contributed by atoms with Gasteiger partial charge in [-0.1, -0.05) is 66.7 Å². The number of hydrogen-bond acceptors (Lipinski definition) is 5. The van der Waals surface area contributed by atoms with Crippen molar-refractivity contribution >= 4 is 5.78 Å². The topological polar surface area (TPSA) is 42.0 Å². The Labute approximate surface area is 214 Å². The molecule has 0 N–H and O–H groups in total. The third kappa shape index (κ3) is 5.32. The molecular weight excluding hydrogens is 448 g/mol. The van der Waals surface area contributed by atoms with Gasteiger partial charge < -0.3 is 9.47 Å². The molecule has 5 nitrogen and oxygen atoms in total. The van der Waals surface area contributed by atoms with Crippen LogP contribution in [0.2, 0.25) is 0 Å². The number of hydrogen-bond donors (Lipinski definition) is 0. The molecule has 2 heterocycles. The van der Waals surface area contributed by atoms with Crippen molar-refractivity contribution in [1.82, 2.24) is 9.80 Å². The minimum absolute atomic E-state index is 0.0640. The molecule has 0 aliphatic carbocycles. The van der Waals surface area contributed by atoms with Crippen LogP contribution in [-0.2, 0) is 17.9 Å². The van der Waals surface area contributed by atoms with Crippen LogP contribution in [0.25, 0.3) is 0 Å². The third-order valence-electron chi connectivity index (χ3n) is 7.76. The van der Waals surface area contributed by atoms with E-state index in [1.807, 2.05) is 6.07 Å². The Morgan fingerprint density at radius 3 is 2.08 bits per heavy atom. The van der Waals surface area contributed by atoms with E-state index in [9.17, 15) is 4.79 Å². The normalized spacial score (nSPS) is 22.3. The van der Waals surface area contributed by atoms with Crippen LogP contribution in [0, 0.1) is 0 Å². The average Bonchev–Trinajstić information content (AvgIpc) is 2.92. The number of nitrogens with zero attached hydrogens (tertiary/aromatic N) is 2. The summed E-state index contributed by atoms with van der Waals surface area (Å²) >= 11 is 0. The number of fused-ring (bicyclic) bond motifs is 1. The van der Waals surface area contributed by atoms with Crippen LogP contribution < -0.4 is 9.47 Å². The van der Waals surface area contributed by atoms with Gasteiger partial charge in [-0.15, -0.1) is 0 Å². The molecule has 0 spiro atoms. The van der Waals surface area contributed by atoms with Gasteiger partial charge in [0.2, 0.25) is 0 Å². The molecule has 3 aromatic carbocycles. The first-order valence-electron chi connectivity index (χ1n) is 13.0. The van der Waals surface area contributed by atoms with Crippen molar-refractivity contribution < 1.29 is 14.3 Å². The zero-order valence-electron chi connectivity index (χ0n) is 21.3. The van der Waals surface area contributed by atoms with E-state index in [2.05, 4.69) is 82.6 Å². The molecule has 0 bridgehead atoms. The van der Waals surface area contributed by atoms with Crippen molar-refractivity contribution in [1.29, 1.82) is 0 Å². The number of benzene rings is 3. The highest BCUT2D eigenvalue weighted by Crippen LogP contribution is 2.41. The van der Waals surface area contributed by atoms with E-state index >= 15 is 0 Å². The second-order valence-corrected chi connectivity index (χ2v) is 9.97. The monoisotopic (exact) mass is 484 g/mol. The fourth-order valence-corrected chi connectivity index (χ4v) is 6.07. The predicted molar refractivity (Wildman–Crippen MR) is 142 cm³/mol. The molecule has 3 aromatic rings. The fourth-order valence-electron chi connectivity index (χ4n) is 6.07. The molecule has 0 aromatic heterocycles. The van der Waals surface area contributed by atoms with Gasteiger partial charge >= 0.3 is 0 Å². The third-order valence-corrected chi connectivity index (χ3v) is 7.76. The zero-order valence-corrected chi connectivity index (χ0v) is 21.3. The summed E-state index contributed by atoms with van der Waals surface area (Å²) in [4.78, 5) is 18.4. The summed E-state index contributed by atoms with van der Waals surface area (Å²) in [7, 11) is 3.32. The molecule has 5 heteroatoms. The van der Waals surface area contributed by atoms with Crippen LogP contribution >= 0.6 is 0 Å². The van der Waals surface area contributed by atoms with Gasteiger partial charge in [-0.25, -0.2) is 0 Å². The largest absolute Gasteiger partial charge is 0.493 e. The Balaban J connectivity index is 1.46. The summed E-state index contributed by atoms with van der Waals surface area (Å²) in [5.41, 5.74) is 3.75. The molecule has 0 radical (unpaired) electrons. The molecular formula is C31H36N2O3.